The number of guanidine groups is 1. The molecular formula is C17H21N3. The Bertz CT molecular complexity index is 605. The van der Waals surface area contributed by atoms with E-state index in [9.17, 15) is 0 Å². The maximum absolute atomic E-state index is 8.18. The second-order valence-electron chi connectivity index (χ2n) is 4.93. The van der Waals surface area contributed by atoms with Crippen LogP contribution in [0.25, 0.3) is 0 Å². The molecule has 2 N–H and O–H groups in total. The topological polar surface area (TPSA) is 39.1 Å². The van der Waals surface area contributed by atoms with Crippen molar-refractivity contribution in [3.8, 4) is 0 Å². The smallest absolute Gasteiger partial charge is 0.199 e. The zero-order valence-electron chi connectivity index (χ0n) is 12.3. The second-order valence-corrected chi connectivity index (χ2v) is 4.93. The molecule has 20 heavy (non-hydrogen) atoms. The standard InChI is InChI=1S/C17H21N3/c1-4-14-8-6-10-16(12-14)20(3)17(18)19-15-9-5-7-13(2)11-15/h5-12H,4H2,1-3H3,(H2,18,19). The van der Waals surface area contributed by atoms with Gasteiger partial charge in [0.25, 0.3) is 0 Å². The summed E-state index contributed by atoms with van der Waals surface area (Å²) in [5.74, 6) is 0.365. The van der Waals surface area contributed by atoms with Crippen LogP contribution in [0.5, 0.6) is 0 Å². The Balaban J connectivity index is 2.12. The van der Waals surface area contributed by atoms with E-state index >= 15 is 0 Å². The molecule has 2 aromatic rings. The van der Waals surface area contributed by atoms with Crippen LogP contribution in [0.15, 0.2) is 48.5 Å². The Morgan fingerprint density at radius 1 is 1.15 bits per heavy atom. The Hall–Kier alpha value is -2.29. The van der Waals surface area contributed by atoms with E-state index in [1.54, 1.807) is 0 Å². The average molecular weight is 267 g/mol. The highest BCUT2D eigenvalue weighted by atomic mass is 15.3. The number of rotatable bonds is 3. The zero-order valence-corrected chi connectivity index (χ0v) is 12.3. The first kappa shape index (κ1) is 14.1. The van der Waals surface area contributed by atoms with E-state index in [0.717, 1.165) is 17.8 Å². The third-order valence-electron chi connectivity index (χ3n) is 3.32. The summed E-state index contributed by atoms with van der Waals surface area (Å²) in [7, 11) is 1.90. The predicted octanol–water partition coefficient (Wildman–Crippen LogP) is 4.04. The number of nitrogens with zero attached hydrogens (tertiary/aromatic N) is 1. The van der Waals surface area contributed by atoms with Gasteiger partial charge in [0, 0.05) is 18.4 Å². The Morgan fingerprint density at radius 2 is 1.90 bits per heavy atom. The molecule has 3 nitrogen and oxygen atoms in total. The highest BCUT2D eigenvalue weighted by Gasteiger charge is 2.07. The summed E-state index contributed by atoms with van der Waals surface area (Å²) in [5.41, 5.74) is 4.42. The maximum Gasteiger partial charge on any atom is 0.199 e. The van der Waals surface area contributed by atoms with E-state index in [0.29, 0.717) is 5.96 Å². The lowest BCUT2D eigenvalue weighted by molar-refractivity contribution is 1.13. The number of hydrogen-bond donors (Lipinski definition) is 2. The summed E-state index contributed by atoms with van der Waals surface area (Å²) < 4.78 is 0. The van der Waals surface area contributed by atoms with Gasteiger partial charge in [0.05, 0.1) is 0 Å². The third kappa shape index (κ3) is 3.38. The van der Waals surface area contributed by atoms with Crippen molar-refractivity contribution in [2.45, 2.75) is 20.3 Å². The van der Waals surface area contributed by atoms with Crippen LogP contribution in [-0.2, 0) is 6.42 Å². The summed E-state index contributed by atoms with van der Waals surface area (Å²) in [6.07, 6.45) is 1.00. The summed E-state index contributed by atoms with van der Waals surface area (Å²) in [5, 5.41) is 11.3. The molecule has 2 rings (SSSR count). The predicted molar refractivity (Wildman–Crippen MR) is 86.8 cm³/mol. The quantitative estimate of drug-likeness (QED) is 0.650. The molecule has 0 saturated heterocycles. The van der Waals surface area contributed by atoms with Crippen molar-refractivity contribution >= 4 is 17.3 Å². The van der Waals surface area contributed by atoms with Gasteiger partial charge in [-0.1, -0.05) is 31.2 Å². The van der Waals surface area contributed by atoms with Crippen LogP contribution in [0.4, 0.5) is 11.4 Å². The van der Waals surface area contributed by atoms with Gasteiger partial charge < -0.3 is 10.2 Å². The lowest BCUT2D eigenvalue weighted by atomic mass is 10.1. The molecule has 0 bridgehead atoms. The second kappa shape index (κ2) is 6.24. The van der Waals surface area contributed by atoms with E-state index < -0.39 is 0 Å². The molecule has 0 heterocycles. The highest BCUT2D eigenvalue weighted by molar-refractivity contribution is 6.03. The summed E-state index contributed by atoms with van der Waals surface area (Å²) in [6, 6.07) is 16.3. The summed E-state index contributed by atoms with van der Waals surface area (Å²) >= 11 is 0. The first-order valence-corrected chi connectivity index (χ1v) is 6.85. The summed E-state index contributed by atoms with van der Waals surface area (Å²) in [6.45, 7) is 4.18. The molecule has 0 spiro atoms. The van der Waals surface area contributed by atoms with E-state index in [1.165, 1.54) is 11.1 Å². The third-order valence-corrected chi connectivity index (χ3v) is 3.32. The van der Waals surface area contributed by atoms with Crippen molar-refractivity contribution < 1.29 is 0 Å². The van der Waals surface area contributed by atoms with Crippen LogP contribution in [-0.4, -0.2) is 13.0 Å². The van der Waals surface area contributed by atoms with Gasteiger partial charge in [-0.2, -0.15) is 0 Å². The minimum absolute atomic E-state index is 0.365. The first-order valence-electron chi connectivity index (χ1n) is 6.85. The van der Waals surface area contributed by atoms with Gasteiger partial charge in [0.1, 0.15) is 0 Å². The van der Waals surface area contributed by atoms with Crippen molar-refractivity contribution in [1.29, 1.82) is 5.41 Å². The monoisotopic (exact) mass is 267 g/mol. The van der Waals surface area contributed by atoms with E-state index in [1.807, 2.05) is 55.3 Å². The Kier molecular flexibility index (Phi) is 4.41. The maximum atomic E-state index is 8.18. The van der Waals surface area contributed by atoms with Crippen molar-refractivity contribution in [2.75, 3.05) is 17.3 Å². The van der Waals surface area contributed by atoms with Gasteiger partial charge in [-0.05, 0) is 48.7 Å². The Labute approximate surface area is 120 Å². The first-order chi connectivity index (χ1) is 9.60. The fourth-order valence-corrected chi connectivity index (χ4v) is 2.06. The number of nitrogens with one attached hydrogen (secondary N) is 2. The van der Waals surface area contributed by atoms with Crippen molar-refractivity contribution in [3.63, 3.8) is 0 Å². The fraction of sp³-hybridized carbons (Fsp3) is 0.235. The SMILES string of the molecule is CCc1cccc(N(C)C(=N)Nc2cccc(C)c2)c1. The van der Waals surface area contributed by atoms with Crippen LogP contribution in [0, 0.1) is 12.3 Å². The highest BCUT2D eigenvalue weighted by Crippen LogP contribution is 2.17. The van der Waals surface area contributed by atoms with Crippen LogP contribution in [0.2, 0.25) is 0 Å². The average Bonchev–Trinajstić information content (AvgIpc) is 2.46. The van der Waals surface area contributed by atoms with Crippen LogP contribution in [0.3, 0.4) is 0 Å². The summed E-state index contributed by atoms with van der Waals surface area (Å²) in [4.78, 5) is 1.85. The van der Waals surface area contributed by atoms with Crippen molar-refractivity contribution in [3.05, 3.63) is 59.7 Å². The molecular weight excluding hydrogens is 246 g/mol. The van der Waals surface area contributed by atoms with E-state index in [-0.39, 0.29) is 0 Å². The molecule has 0 radical (unpaired) electrons. The minimum atomic E-state index is 0.365. The number of benzene rings is 2. The van der Waals surface area contributed by atoms with E-state index in [2.05, 4.69) is 24.4 Å². The molecule has 0 amide bonds. The number of hydrogen-bond acceptors (Lipinski definition) is 1. The lowest BCUT2D eigenvalue weighted by Crippen LogP contribution is -2.32. The van der Waals surface area contributed by atoms with E-state index in [4.69, 9.17) is 5.41 Å². The van der Waals surface area contributed by atoms with Gasteiger partial charge in [-0.3, -0.25) is 5.41 Å². The molecule has 0 saturated carbocycles. The van der Waals surface area contributed by atoms with Crippen molar-refractivity contribution in [1.82, 2.24) is 0 Å². The van der Waals surface area contributed by atoms with Gasteiger partial charge in [0.15, 0.2) is 5.96 Å². The van der Waals surface area contributed by atoms with Crippen molar-refractivity contribution in [2.24, 2.45) is 0 Å². The molecule has 2 aromatic carbocycles. The van der Waals surface area contributed by atoms with Crippen LogP contribution in [0.1, 0.15) is 18.1 Å². The molecule has 104 valence electrons. The zero-order chi connectivity index (χ0) is 14.5. The molecule has 0 fully saturated rings. The van der Waals surface area contributed by atoms with Gasteiger partial charge in [-0.25, -0.2) is 0 Å². The van der Waals surface area contributed by atoms with Crippen LogP contribution >= 0.6 is 0 Å². The molecule has 0 aliphatic carbocycles. The molecule has 0 aromatic heterocycles. The van der Waals surface area contributed by atoms with Gasteiger partial charge in [-0.15, -0.1) is 0 Å². The number of anilines is 2. The number of aryl methyl sites for hydroxylation is 2. The molecule has 3 heteroatoms. The lowest BCUT2D eigenvalue weighted by Gasteiger charge is -2.21. The van der Waals surface area contributed by atoms with Gasteiger partial charge in [0.2, 0.25) is 0 Å². The molecule has 0 unspecified atom stereocenters. The van der Waals surface area contributed by atoms with Gasteiger partial charge >= 0.3 is 0 Å². The molecule has 0 atom stereocenters. The molecule has 0 aliphatic heterocycles. The normalized spacial score (nSPS) is 10.2. The largest absolute Gasteiger partial charge is 0.326 e. The van der Waals surface area contributed by atoms with Crippen LogP contribution < -0.4 is 10.2 Å². The Morgan fingerprint density at radius 3 is 2.60 bits per heavy atom. The fourth-order valence-electron chi connectivity index (χ4n) is 2.06. The molecule has 0 aliphatic rings. The minimum Gasteiger partial charge on any atom is -0.326 e.